The summed E-state index contributed by atoms with van der Waals surface area (Å²) in [6.07, 6.45) is 1.80. The lowest BCUT2D eigenvalue weighted by Crippen LogP contribution is -2.46. The molecule has 0 aromatic rings. The van der Waals surface area contributed by atoms with Crippen LogP contribution in [-0.4, -0.2) is 41.0 Å². The second-order valence-electron chi connectivity index (χ2n) is 6.54. The van der Waals surface area contributed by atoms with Gasteiger partial charge >= 0.3 is 0 Å². The highest BCUT2D eigenvalue weighted by atomic mass is 32.1. The van der Waals surface area contributed by atoms with Crippen molar-refractivity contribution in [1.29, 1.82) is 0 Å². The zero-order valence-corrected chi connectivity index (χ0v) is 12.1. The molecule has 0 bridgehead atoms. The van der Waals surface area contributed by atoms with Gasteiger partial charge in [-0.3, -0.25) is 0 Å². The van der Waals surface area contributed by atoms with Gasteiger partial charge in [-0.25, -0.2) is 0 Å². The van der Waals surface area contributed by atoms with Crippen LogP contribution in [0.25, 0.3) is 0 Å². The zero-order chi connectivity index (χ0) is 12.4. The highest BCUT2D eigenvalue weighted by Gasteiger charge is 2.31. The number of thiol groups is 1. The number of hydrogen-bond acceptors (Lipinski definition) is 3. The Kier molecular flexibility index (Phi) is 4.73. The number of aliphatic hydroxyl groups is 1. The van der Waals surface area contributed by atoms with E-state index in [9.17, 15) is 5.11 Å². The fourth-order valence-corrected chi connectivity index (χ4v) is 2.80. The lowest BCUT2D eigenvalue weighted by atomic mass is 9.81. The molecule has 2 nitrogen and oxygen atoms in total. The topological polar surface area (TPSA) is 23.5 Å². The average molecular weight is 245 g/mol. The SMILES string of the molecule is CC1(O)CCN(CC(CS)C(C)(C)C)CC1. The third kappa shape index (κ3) is 4.27. The van der Waals surface area contributed by atoms with E-state index in [1.807, 2.05) is 6.92 Å². The number of piperidine rings is 1. The minimum atomic E-state index is -0.436. The number of nitrogens with zero attached hydrogens (tertiary/aromatic N) is 1. The Morgan fingerprint density at radius 2 is 1.81 bits per heavy atom. The molecule has 1 atom stereocenters. The molecule has 0 spiro atoms. The Balaban J connectivity index is 2.43. The molecule has 1 fully saturated rings. The normalized spacial score (nSPS) is 24.4. The Bertz CT molecular complexity index is 212. The molecule has 1 saturated heterocycles. The van der Waals surface area contributed by atoms with Crippen LogP contribution in [-0.2, 0) is 0 Å². The van der Waals surface area contributed by atoms with Crippen LogP contribution in [0.4, 0.5) is 0 Å². The summed E-state index contributed by atoms with van der Waals surface area (Å²) in [5.41, 5.74) is -0.115. The van der Waals surface area contributed by atoms with Crippen LogP contribution < -0.4 is 0 Å². The molecule has 3 heteroatoms. The number of hydrogen-bond donors (Lipinski definition) is 2. The van der Waals surface area contributed by atoms with Gasteiger partial charge in [0.2, 0.25) is 0 Å². The largest absolute Gasteiger partial charge is 0.390 e. The van der Waals surface area contributed by atoms with Gasteiger partial charge in [-0.15, -0.1) is 0 Å². The van der Waals surface area contributed by atoms with Crippen molar-refractivity contribution in [3.05, 3.63) is 0 Å². The molecule has 0 aromatic carbocycles. The quantitative estimate of drug-likeness (QED) is 0.746. The van der Waals surface area contributed by atoms with Crippen LogP contribution in [0.2, 0.25) is 0 Å². The summed E-state index contributed by atoms with van der Waals surface area (Å²) in [4.78, 5) is 2.48. The van der Waals surface area contributed by atoms with Crippen molar-refractivity contribution < 1.29 is 5.11 Å². The molecule has 16 heavy (non-hydrogen) atoms. The Labute approximate surface area is 106 Å². The monoisotopic (exact) mass is 245 g/mol. The highest BCUT2D eigenvalue weighted by molar-refractivity contribution is 7.80. The van der Waals surface area contributed by atoms with Crippen molar-refractivity contribution in [3.8, 4) is 0 Å². The van der Waals surface area contributed by atoms with Gasteiger partial charge in [-0.1, -0.05) is 20.8 Å². The van der Waals surface area contributed by atoms with Crippen molar-refractivity contribution in [3.63, 3.8) is 0 Å². The average Bonchev–Trinajstić information content (AvgIpc) is 2.14. The van der Waals surface area contributed by atoms with E-state index in [-0.39, 0.29) is 0 Å². The maximum atomic E-state index is 9.90. The fraction of sp³-hybridized carbons (Fsp3) is 1.00. The van der Waals surface area contributed by atoms with Crippen molar-refractivity contribution >= 4 is 12.6 Å². The summed E-state index contributed by atoms with van der Waals surface area (Å²) in [5.74, 6) is 1.56. The molecular weight excluding hydrogens is 218 g/mol. The molecule has 1 aliphatic rings. The number of likely N-dealkylation sites (tertiary alicyclic amines) is 1. The van der Waals surface area contributed by atoms with Crippen molar-refractivity contribution in [2.45, 2.75) is 46.1 Å². The van der Waals surface area contributed by atoms with Gasteiger partial charge in [0, 0.05) is 19.6 Å². The fourth-order valence-electron chi connectivity index (χ4n) is 2.13. The predicted molar refractivity (Wildman–Crippen MR) is 73.1 cm³/mol. The molecule has 1 rings (SSSR count). The van der Waals surface area contributed by atoms with E-state index in [1.165, 1.54) is 0 Å². The van der Waals surface area contributed by atoms with Gasteiger partial charge in [0.1, 0.15) is 0 Å². The predicted octanol–water partition coefficient (Wildman–Crippen LogP) is 2.43. The molecule has 1 heterocycles. The van der Waals surface area contributed by atoms with E-state index in [0.717, 1.165) is 38.2 Å². The van der Waals surface area contributed by atoms with Crippen molar-refractivity contribution in [2.75, 3.05) is 25.4 Å². The molecule has 1 unspecified atom stereocenters. The summed E-state index contributed by atoms with van der Waals surface area (Å²) in [5, 5.41) is 9.90. The summed E-state index contributed by atoms with van der Waals surface area (Å²) in [7, 11) is 0. The first-order valence-electron chi connectivity index (χ1n) is 6.30. The zero-order valence-electron chi connectivity index (χ0n) is 11.2. The first kappa shape index (κ1) is 14.3. The van der Waals surface area contributed by atoms with E-state index in [4.69, 9.17) is 0 Å². The smallest absolute Gasteiger partial charge is 0.0644 e. The van der Waals surface area contributed by atoms with Gasteiger partial charge < -0.3 is 10.0 Å². The maximum Gasteiger partial charge on any atom is 0.0644 e. The first-order valence-corrected chi connectivity index (χ1v) is 6.93. The molecule has 0 aliphatic carbocycles. The van der Waals surface area contributed by atoms with Crippen LogP contribution in [0, 0.1) is 11.3 Å². The van der Waals surface area contributed by atoms with Crippen molar-refractivity contribution in [1.82, 2.24) is 4.90 Å². The minimum Gasteiger partial charge on any atom is -0.390 e. The van der Waals surface area contributed by atoms with Gasteiger partial charge in [0.05, 0.1) is 5.60 Å². The Morgan fingerprint density at radius 1 is 1.31 bits per heavy atom. The van der Waals surface area contributed by atoms with Gasteiger partial charge in [-0.2, -0.15) is 12.6 Å². The molecule has 0 radical (unpaired) electrons. The van der Waals surface area contributed by atoms with E-state index in [0.29, 0.717) is 11.3 Å². The second kappa shape index (κ2) is 5.28. The third-order valence-corrected chi connectivity index (χ3v) is 4.30. The standard InChI is InChI=1S/C13H27NOS/c1-12(2,3)11(10-16)9-14-7-5-13(4,15)6-8-14/h11,15-16H,5-10H2,1-4H3. The second-order valence-corrected chi connectivity index (χ2v) is 6.91. The van der Waals surface area contributed by atoms with Crippen LogP contribution in [0.15, 0.2) is 0 Å². The molecule has 1 N–H and O–H groups in total. The van der Waals surface area contributed by atoms with Gasteiger partial charge in [-0.05, 0) is 36.9 Å². The first-order chi connectivity index (χ1) is 7.24. The summed E-state index contributed by atoms with van der Waals surface area (Å²) in [6, 6.07) is 0. The van der Waals surface area contributed by atoms with Crippen LogP contribution >= 0.6 is 12.6 Å². The van der Waals surface area contributed by atoms with E-state index in [2.05, 4.69) is 38.3 Å². The molecular formula is C13H27NOS. The highest BCUT2D eigenvalue weighted by Crippen LogP contribution is 2.29. The van der Waals surface area contributed by atoms with Crippen LogP contribution in [0.1, 0.15) is 40.5 Å². The summed E-state index contributed by atoms with van der Waals surface area (Å²) in [6.45, 7) is 12.0. The third-order valence-electron chi connectivity index (χ3n) is 3.86. The Morgan fingerprint density at radius 3 is 2.19 bits per heavy atom. The molecule has 96 valence electrons. The van der Waals surface area contributed by atoms with E-state index in [1.54, 1.807) is 0 Å². The maximum absolute atomic E-state index is 9.90. The number of rotatable bonds is 3. The Hall–Kier alpha value is 0.270. The van der Waals surface area contributed by atoms with Gasteiger partial charge in [0.25, 0.3) is 0 Å². The van der Waals surface area contributed by atoms with Gasteiger partial charge in [0.15, 0.2) is 0 Å². The lowest BCUT2D eigenvalue weighted by molar-refractivity contribution is -0.0118. The van der Waals surface area contributed by atoms with E-state index >= 15 is 0 Å². The molecule has 1 aliphatic heterocycles. The summed E-state index contributed by atoms with van der Waals surface area (Å²) < 4.78 is 0. The van der Waals surface area contributed by atoms with Crippen LogP contribution in [0.5, 0.6) is 0 Å². The molecule has 0 amide bonds. The lowest BCUT2D eigenvalue weighted by Gasteiger charge is -2.40. The van der Waals surface area contributed by atoms with Crippen LogP contribution in [0.3, 0.4) is 0 Å². The van der Waals surface area contributed by atoms with E-state index < -0.39 is 5.60 Å². The van der Waals surface area contributed by atoms with Crippen molar-refractivity contribution in [2.24, 2.45) is 11.3 Å². The molecule has 0 aromatic heterocycles. The summed E-state index contributed by atoms with van der Waals surface area (Å²) >= 11 is 4.47. The molecule has 0 saturated carbocycles. The minimum absolute atomic E-state index is 0.321.